The lowest BCUT2D eigenvalue weighted by Crippen LogP contribution is -2.47. The average Bonchev–Trinajstić information content (AvgIpc) is 2.44. The van der Waals surface area contributed by atoms with Crippen molar-refractivity contribution < 1.29 is 4.79 Å². The smallest absolute Gasteiger partial charge is 0.224 e. The molecule has 1 saturated heterocycles. The number of unbranched alkanes of at least 4 members (excludes halogenated alkanes) is 1. The molecule has 5 nitrogen and oxygen atoms in total. The van der Waals surface area contributed by atoms with Crippen LogP contribution in [0, 0.1) is 0 Å². The minimum Gasteiger partial charge on any atom is -0.354 e. The predicted octanol–water partition coefficient (Wildman–Crippen LogP) is 2.58. The van der Waals surface area contributed by atoms with Gasteiger partial charge in [-0.15, -0.1) is 0 Å². The van der Waals surface area contributed by atoms with Crippen molar-refractivity contribution in [3.63, 3.8) is 0 Å². The molecule has 0 spiro atoms. The lowest BCUT2D eigenvalue weighted by molar-refractivity contribution is -0.119. The summed E-state index contributed by atoms with van der Waals surface area (Å²) in [4.78, 5) is 22.0. The molecule has 116 valence electrons. The van der Waals surface area contributed by atoms with E-state index in [1.165, 1.54) is 0 Å². The van der Waals surface area contributed by atoms with Crippen molar-refractivity contribution in [2.24, 2.45) is 0 Å². The third-order valence-corrected chi connectivity index (χ3v) is 3.85. The van der Waals surface area contributed by atoms with Gasteiger partial charge >= 0.3 is 0 Å². The van der Waals surface area contributed by atoms with Crippen LogP contribution in [0.1, 0.15) is 45.2 Å². The number of piperidine rings is 1. The Morgan fingerprint density at radius 3 is 3.05 bits per heavy atom. The molecule has 0 aliphatic carbocycles. The Kier molecular flexibility index (Phi) is 5.79. The molecule has 1 aliphatic rings. The summed E-state index contributed by atoms with van der Waals surface area (Å²) >= 11 is 6.05. The number of carbonyl (C=O) groups excluding carboxylic acids is 1. The van der Waals surface area contributed by atoms with Crippen LogP contribution in [0.4, 0.5) is 5.82 Å². The van der Waals surface area contributed by atoms with Crippen LogP contribution in [0.25, 0.3) is 0 Å². The number of hydrogen-bond donors (Lipinski definition) is 1. The highest BCUT2D eigenvalue weighted by molar-refractivity contribution is 6.28. The number of nitrogens with one attached hydrogen (secondary N) is 1. The van der Waals surface area contributed by atoms with Gasteiger partial charge in [0.05, 0.1) is 0 Å². The molecule has 1 unspecified atom stereocenters. The summed E-state index contributed by atoms with van der Waals surface area (Å²) in [6, 6.07) is 2.21. The van der Waals surface area contributed by atoms with Gasteiger partial charge in [0, 0.05) is 37.8 Å². The van der Waals surface area contributed by atoms with Crippen LogP contribution in [-0.2, 0) is 11.2 Å². The summed E-state index contributed by atoms with van der Waals surface area (Å²) in [5.41, 5.74) is 0.994. The molecule has 2 heterocycles. The van der Waals surface area contributed by atoms with Gasteiger partial charge in [-0.2, -0.15) is 0 Å². The summed E-state index contributed by atoms with van der Waals surface area (Å²) in [5.74, 6) is 0.891. The second kappa shape index (κ2) is 7.59. The van der Waals surface area contributed by atoms with Crippen molar-refractivity contribution in [3.05, 3.63) is 17.0 Å². The Labute approximate surface area is 131 Å². The van der Waals surface area contributed by atoms with Crippen LogP contribution in [-0.4, -0.2) is 35.0 Å². The quantitative estimate of drug-likeness (QED) is 0.849. The Morgan fingerprint density at radius 1 is 1.52 bits per heavy atom. The van der Waals surface area contributed by atoms with Crippen molar-refractivity contribution in [1.29, 1.82) is 0 Å². The molecule has 1 aromatic heterocycles. The third-order valence-electron chi connectivity index (χ3n) is 3.68. The van der Waals surface area contributed by atoms with E-state index in [2.05, 4.69) is 27.1 Å². The Hall–Kier alpha value is -1.36. The molecule has 1 aliphatic heterocycles. The van der Waals surface area contributed by atoms with E-state index in [1.54, 1.807) is 6.92 Å². The lowest BCUT2D eigenvalue weighted by Gasteiger charge is -2.33. The topological polar surface area (TPSA) is 58.1 Å². The number of amides is 1. The Balaban J connectivity index is 2.09. The highest BCUT2D eigenvalue weighted by atomic mass is 35.5. The largest absolute Gasteiger partial charge is 0.354 e. The number of nitrogens with zero attached hydrogens (tertiary/aromatic N) is 3. The van der Waals surface area contributed by atoms with Gasteiger partial charge in [-0.3, -0.25) is 4.79 Å². The highest BCUT2D eigenvalue weighted by Gasteiger charge is 2.22. The zero-order chi connectivity index (χ0) is 15.2. The Bertz CT molecular complexity index is 495. The van der Waals surface area contributed by atoms with Gasteiger partial charge in [0.2, 0.25) is 11.2 Å². The van der Waals surface area contributed by atoms with E-state index >= 15 is 0 Å². The first-order valence-corrected chi connectivity index (χ1v) is 8.01. The van der Waals surface area contributed by atoms with Crippen LogP contribution in [0.15, 0.2) is 6.07 Å². The number of aromatic nitrogens is 2. The molecule has 0 aromatic carbocycles. The van der Waals surface area contributed by atoms with E-state index in [0.29, 0.717) is 5.28 Å². The lowest BCUT2D eigenvalue weighted by atomic mass is 10.1. The van der Waals surface area contributed by atoms with Crippen LogP contribution >= 0.6 is 11.6 Å². The fraction of sp³-hybridized carbons (Fsp3) is 0.667. The molecule has 1 fully saturated rings. The van der Waals surface area contributed by atoms with E-state index in [-0.39, 0.29) is 11.9 Å². The molecule has 1 amide bonds. The van der Waals surface area contributed by atoms with Gasteiger partial charge in [-0.1, -0.05) is 13.3 Å². The summed E-state index contributed by atoms with van der Waals surface area (Å²) in [5, 5.41) is 3.29. The van der Waals surface area contributed by atoms with E-state index in [4.69, 9.17) is 11.6 Å². The minimum atomic E-state index is 0.0196. The Morgan fingerprint density at radius 2 is 2.33 bits per heavy atom. The second-order valence-electron chi connectivity index (χ2n) is 5.58. The van der Waals surface area contributed by atoms with Crippen molar-refractivity contribution in [2.75, 3.05) is 18.0 Å². The normalized spacial score (nSPS) is 18.6. The van der Waals surface area contributed by atoms with Gasteiger partial charge in [0.15, 0.2) is 0 Å². The van der Waals surface area contributed by atoms with Crippen molar-refractivity contribution in [1.82, 2.24) is 15.3 Å². The first-order chi connectivity index (χ1) is 10.1. The van der Waals surface area contributed by atoms with Crippen LogP contribution < -0.4 is 10.2 Å². The molecule has 0 saturated carbocycles. The molecule has 0 radical (unpaired) electrons. The maximum absolute atomic E-state index is 11.2. The molecule has 1 aromatic rings. The number of anilines is 1. The third kappa shape index (κ3) is 4.84. The van der Waals surface area contributed by atoms with Crippen LogP contribution in [0.3, 0.4) is 0 Å². The molecule has 1 atom stereocenters. The number of hydrogen-bond acceptors (Lipinski definition) is 4. The molecule has 21 heavy (non-hydrogen) atoms. The van der Waals surface area contributed by atoms with Crippen LogP contribution in [0.5, 0.6) is 0 Å². The van der Waals surface area contributed by atoms with Crippen LogP contribution in [0.2, 0.25) is 5.28 Å². The van der Waals surface area contributed by atoms with E-state index < -0.39 is 0 Å². The number of carbonyl (C=O) groups is 1. The fourth-order valence-electron chi connectivity index (χ4n) is 2.69. The maximum atomic E-state index is 11.2. The van der Waals surface area contributed by atoms with Gasteiger partial charge in [-0.05, 0) is 37.3 Å². The molecular formula is C15H23ClN4O. The highest BCUT2D eigenvalue weighted by Crippen LogP contribution is 2.21. The summed E-state index contributed by atoms with van der Waals surface area (Å²) in [6.45, 7) is 5.44. The zero-order valence-corrected chi connectivity index (χ0v) is 13.5. The van der Waals surface area contributed by atoms with E-state index in [1.807, 2.05) is 6.07 Å². The number of rotatable bonds is 5. The number of halogens is 1. The molecule has 0 bridgehead atoms. The predicted molar refractivity (Wildman–Crippen MR) is 84.7 cm³/mol. The SMILES string of the molecule is CCCCc1cc(N2CCCC(NC(C)=O)C2)nc(Cl)n1. The molecule has 1 N–H and O–H groups in total. The van der Waals surface area contributed by atoms with Crippen molar-refractivity contribution >= 4 is 23.3 Å². The zero-order valence-electron chi connectivity index (χ0n) is 12.7. The fourth-order valence-corrected chi connectivity index (χ4v) is 2.89. The van der Waals surface area contributed by atoms with Gasteiger partial charge in [0.1, 0.15) is 5.82 Å². The van der Waals surface area contributed by atoms with E-state index in [0.717, 1.165) is 56.7 Å². The first-order valence-electron chi connectivity index (χ1n) is 7.64. The first kappa shape index (κ1) is 16.0. The van der Waals surface area contributed by atoms with E-state index in [9.17, 15) is 4.79 Å². The minimum absolute atomic E-state index is 0.0196. The summed E-state index contributed by atoms with van der Waals surface area (Å²) in [6.07, 6.45) is 5.20. The van der Waals surface area contributed by atoms with Gasteiger partial charge in [0.25, 0.3) is 0 Å². The van der Waals surface area contributed by atoms with Gasteiger partial charge < -0.3 is 10.2 Å². The van der Waals surface area contributed by atoms with Crippen molar-refractivity contribution in [2.45, 2.75) is 52.0 Å². The molecule has 2 rings (SSSR count). The average molecular weight is 311 g/mol. The van der Waals surface area contributed by atoms with Gasteiger partial charge in [-0.25, -0.2) is 9.97 Å². The van der Waals surface area contributed by atoms with Crippen molar-refractivity contribution in [3.8, 4) is 0 Å². The second-order valence-corrected chi connectivity index (χ2v) is 5.91. The number of aryl methyl sites for hydroxylation is 1. The standard InChI is InChI=1S/C15H23ClN4O/c1-3-4-6-12-9-14(19-15(16)18-12)20-8-5-7-13(10-20)17-11(2)21/h9,13H,3-8,10H2,1-2H3,(H,17,21). The summed E-state index contributed by atoms with van der Waals surface area (Å²) < 4.78 is 0. The molecular weight excluding hydrogens is 288 g/mol. The maximum Gasteiger partial charge on any atom is 0.224 e. The molecule has 6 heteroatoms. The summed E-state index contributed by atoms with van der Waals surface area (Å²) in [7, 11) is 0. The monoisotopic (exact) mass is 310 g/mol.